The van der Waals surface area contributed by atoms with Gasteiger partial charge in [0, 0.05) is 24.7 Å². The van der Waals surface area contributed by atoms with E-state index in [2.05, 4.69) is 48.5 Å². The van der Waals surface area contributed by atoms with Gasteiger partial charge in [0.25, 0.3) is 0 Å². The van der Waals surface area contributed by atoms with Gasteiger partial charge in [-0.05, 0) is 41.2 Å². The van der Waals surface area contributed by atoms with Gasteiger partial charge < -0.3 is 5.11 Å². The Morgan fingerprint density at radius 2 is 1.56 bits per heavy atom. The molecule has 4 heteroatoms. The van der Waals surface area contributed by atoms with Crippen LogP contribution in [0.3, 0.4) is 0 Å². The minimum Gasteiger partial charge on any atom is -0.360 e. The van der Waals surface area contributed by atoms with E-state index in [9.17, 15) is 9.90 Å². The van der Waals surface area contributed by atoms with Gasteiger partial charge in [0.1, 0.15) is 5.60 Å². The van der Waals surface area contributed by atoms with Crippen molar-refractivity contribution in [1.29, 1.82) is 0 Å². The lowest BCUT2D eigenvalue weighted by Crippen LogP contribution is -2.55. The Bertz CT molecular complexity index is 961. The van der Waals surface area contributed by atoms with E-state index in [1.165, 1.54) is 22.3 Å². The van der Waals surface area contributed by atoms with Crippen molar-refractivity contribution in [3.63, 3.8) is 0 Å². The second kappa shape index (κ2) is 5.16. The van der Waals surface area contributed by atoms with Crippen molar-refractivity contribution in [1.82, 2.24) is 0 Å². The van der Waals surface area contributed by atoms with Crippen LogP contribution >= 0.6 is 0 Å². The fourth-order valence-electron chi connectivity index (χ4n) is 5.60. The van der Waals surface area contributed by atoms with Crippen LogP contribution in [0.1, 0.15) is 59.8 Å². The van der Waals surface area contributed by atoms with Crippen LogP contribution in [0.5, 0.6) is 0 Å². The molecule has 1 saturated carbocycles. The van der Waals surface area contributed by atoms with Crippen LogP contribution in [0.25, 0.3) is 0 Å². The number of aliphatic hydroxyl groups is 1. The van der Waals surface area contributed by atoms with E-state index in [-0.39, 0.29) is 17.6 Å². The van der Waals surface area contributed by atoms with Gasteiger partial charge in [0.05, 0.1) is 5.57 Å². The zero-order chi connectivity index (χ0) is 18.2. The van der Waals surface area contributed by atoms with Gasteiger partial charge in [0.15, 0.2) is 5.78 Å². The second-order valence-electron chi connectivity index (χ2n) is 8.19. The molecule has 7 rings (SSSR count). The van der Waals surface area contributed by atoms with Crippen molar-refractivity contribution in [2.24, 2.45) is 0 Å². The largest absolute Gasteiger partial charge is 0.360 e. The Morgan fingerprint density at radius 1 is 0.926 bits per heavy atom. The summed E-state index contributed by atoms with van der Waals surface area (Å²) in [5.74, 6) is -1.50. The zero-order valence-electron chi connectivity index (χ0n) is 14.9. The monoisotopic (exact) mass is 360 g/mol. The normalized spacial score (nSPS) is 36.0. The second-order valence-corrected chi connectivity index (χ2v) is 8.19. The van der Waals surface area contributed by atoms with Gasteiger partial charge >= 0.3 is 0 Å². The van der Waals surface area contributed by atoms with Crippen molar-refractivity contribution < 1.29 is 19.7 Å². The molecular weight excluding hydrogens is 340 g/mol. The number of benzene rings is 2. The third-order valence-corrected chi connectivity index (χ3v) is 6.74. The molecule has 4 nitrogen and oxygen atoms in total. The highest BCUT2D eigenvalue weighted by Crippen LogP contribution is 2.61. The van der Waals surface area contributed by atoms with Gasteiger partial charge in [-0.15, -0.1) is 0 Å². The fourth-order valence-corrected chi connectivity index (χ4v) is 5.60. The Hall–Kier alpha value is -2.27. The van der Waals surface area contributed by atoms with Crippen LogP contribution in [0, 0.1) is 0 Å². The number of Topliss-reactive ketones (excluding diaryl/α,β-unsaturated/α-hetero) is 1. The molecule has 0 unspecified atom stereocenters. The maximum absolute atomic E-state index is 12.6. The SMILES string of the molecule is O=C1CCC[C@@]2(O)OO[C@@]3(C=C12)CC1c2ccccc2C3c2ccccc21. The minimum absolute atomic E-state index is 0.0329. The topological polar surface area (TPSA) is 55.8 Å². The summed E-state index contributed by atoms with van der Waals surface area (Å²) in [5, 5.41) is 10.8. The van der Waals surface area contributed by atoms with E-state index < -0.39 is 11.4 Å². The summed E-state index contributed by atoms with van der Waals surface area (Å²) < 4.78 is 0. The molecule has 0 saturated heterocycles. The first-order valence-corrected chi connectivity index (χ1v) is 9.65. The lowest BCUT2D eigenvalue weighted by Gasteiger charge is -2.54. The zero-order valence-corrected chi connectivity index (χ0v) is 14.9. The number of rotatable bonds is 0. The van der Waals surface area contributed by atoms with Crippen molar-refractivity contribution >= 4 is 5.78 Å². The highest BCUT2D eigenvalue weighted by molar-refractivity contribution is 5.98. The summed E-state index contributed by atoms with van der Waals surface area (Å²) in [6.45, 7) is 0. The molecule has 2 bridgehead atoms. The van der Waals surface area contributed by atoms with E-state index in [4.69, 9.17) is 9.78 Å². The Morgan fingerprint density at radius 3 is 2.22 bits per heavy atom. The average Bonchev–Trinajstić information content (AvgIpc) is 2.70. The standard InChI is InChI=1S/C23H20O4/c24-20-10-5-11-23(25)19(20)13-22(26-27-23)12-18-14-6-1-3-8-16(14)21(22)17-9-4-2-7-15(17)18/h1-4,6-9,13,18,21,25H,5,10-12H2/t18?,21?,22-,23-/m1/s1. The van der Waals surface area contributed by atoms with Crippen molar-refractivity contribution in [2.75, 3.05) is 0 Å². The van der Waals surface area contributed by atoms with E-state index in [1.54, 1.807) is 0 Å². The molecule has 1 spiro atoms. The van der Waals surface area contributed by atoms with Crippen molar-refractivity contribution in [3.05, 3.63) is 82.4 Å². The Kier molecular flexibility index (Phi) is 3.01. The summed E-state index contributed by atoms with van der Waals surface area (Å²) in [7, 11) is 0. The number of carbonyl (C=O) groups is 1. The van der Waals surface area contributed by atoms with E-state index >= 15 is 0 Å². The van der Waals surface area contributed by atoms with Crippen LogP contribution in [-0.2, 0) is 14.6 Å². The summed E-state index contributed by atoms with van der Waals surface area (Å²) in [5.41, 5.74) is 4.71. The van der Waals surface area contributed by atoms with Gasteiger partial charge in [0.2, 0.25) is 5.79 Å². The van der Waals surface area contributed by atoms with E-state index in [0.717, 1.165) is 0 Å². The molecule has 0 amide bonds. The summed E-state index contributed by atoms with van der Waals surface area (Å²) in [4.78, 5) is 24.2. The first-order chi connectivity index (χ1) is 13.1. The van der Waals surface area contributed by atoms with Gasteiger partial charge in [-0.3, -0.25) is 4.79 Å². The molecule has 1 N–H and O–H groups in total. The van der Waals surface area contributed by atoms with Gasteiger partial charge in [-0.2, -0.15) is 4.89 Å². The Labute approximate surface area is 157 Å². The molecular formula is C23H20O4. The first kappa shape index (κ1) is 15.8. The number of hydrogen-bond acceptors (Lipinski definition) is 4. The third kappa shape index (κ3) is 1.95. The molecule has 136 valence electrons. The van der Waals surface area contributed by atoms with E-state index in [0.29, 0.717) is 31.3 Å². The Balaban J connectivity index is 1.59. The van der Waals surface area contributed by atoms with Crippen LogP contribution in [0.2, 0.25) is 0 Å². The predicted molar refractivity (Wildman–Crippen MR) is 98.0 cm³/mol. The summed E-state index contributed by atoms with van der Waals surface area (Å²) >= 11 is 0. The number of ketones is 1. The number of hydrogen-bond donors (Lipinski definition) is 1. The quantitative estimate of drug-likeness (QED) is 0.727. The molecule has 1 aliphatic heterocycles. The van der Waals surface area contributed by atoms with Crippen LogP contribution in [0.4, 0.5) is 0 Å². The molecule has 27 heavy (non-hydrogen) atoms. The number of fused-ring (bicyclic) bond motifs is 1. The average molecular weight is 360 g/mol. The van der Waals surface area contributed by atoms with Crippen molar-refractivity contribution in [2.45, 2.75) is 48.9 Å². The molecule has 2 aromatic rings. The molecule has 2 aromatic carbocycles. The summed E-state index contributed by atoms with van der Waals surface area (Å²) in [6.07, 6.45) is 4.05. The third-order valence-electron chi connectivity index (χ3n) is 6.74. The maximum atomic E-state index is 12.6. The highest BCUT2D eigenvalue weighted by Gasteiger charge is 2.58. The molecule has 1 fully saturated rings. The maximum Gasteiger partial charge on any atom is 0.228 e. The molecule has 1 heterocycles. The van der Waals surface area contributed by atoms with E-state index in [1.807, 2.05) is 6.08 Å². The van der Waals surface area contributed by atoms with Crippen LogP contribution in [-0.4, -0.2) is 22.3 Å². The highest BCUT2D eigenvalue weighted by atomic mass is 17.2. The predicted octanol–water partition coefficient (Wildman–Crippen LogP) is 3.74. The van der Waals surface area contributed by atoms with Crippen LogP contribution < -0.4 is 0 Å². The fraction of sp³-hybridized carbons (Fsp3) is 0.348. The minimum atomic E-state index is -1.60. The molecule has 2 atom stereocenters. The van der Waals surface area contributed by atoms with Gasteiger partial charge in [-0.1, -0.05) is 48.5 Å². The van der Waals surface area contributed by atoms with Crippen LogP contribution in [0.15, 0.2) is 60.2 Å². The molecule has 0 aromatic heterocycles. The molecule has 0 radical (unpaired) electrons. The van der Waals surface area contributed by atoms with Gasteiger partial charge in [-0.25, -0.2) is 4.89 Å². The summed E-state index contributed by atoms with van der Waals surface area (Å²) in [6, 6.07) is 16.9. The first-order valence-electron chi connectivity index (χ1n) is 9.65. The number of carbonyl (C=O) groups excluding carboxylic acids is 1. The lowest BCUT2D eigenvalue weighted by molar-refractivity contribution is -0.455. The lowest BCUT2D eigenvalue weighted by atomic mass is 9.56. The van der Waals surface area contributed by atoms with Crippen molar-refractivity contribution in [3.8, 4) is 0 Å². The molecule has 5 aliphatic rings. The molecule has 4 aliphatic carbocycles. The smallest absolute Gasteiger partial charge is 0.228 e.